The molecule has 0 spiro atoms. The first-order valence-corrected chi connectivity index (χ1v) is 7.52. The Hall–Kier alpha value is -1.38. The van der Waals surface area contributed by atoms with E-state index >= 15 is 0 Å². The zero-order chi connectivity index (χ0) is 13.6. The first-order chi connectivity index (χ1) is 8.36. The van der Waals surface area contributed by atoms with E-state index in [0.29, 0.717) is 16.9 Å². The van der Waals surface area contributed by atoms with Gasteiger partial charge in [-0.3, -0.25) is 0 Å². The predicted octanol–water partition coefficient (Wildman–Crippen LogP) is 1.56. The minimum Gasteiger partial charge on any atom is -0.302 e. The van der Waals surface area contributed by atoms with Crippen molar-refractivity contribution in [2.45, 2.75) is 11.2 Å². The lowest BCUT2D eigenvalue weighted by atomic mass is 10.0. The third-order valence-electron chi connectivity index (χ3n) is 3.24. The number of halogens is 1. The molecule has 1 saturated carbocycles. The van der Waals surface area contributed by atoms with Crippen molar-refractivity contribution in [3.05, 3.63) is 34.9 Å². The number of benzene rings is 1. The molecule has 3 atom stereocenters. The molecule has 1 fully saturated rings. The molecule has 94 valence electrons. The average molecular weight is 284 g/mol. The standard InChI is InChI=1S/C12H10ClNO3S/c1-18(16,17)11-10(12(11,6-14)7-15)8-3-2-4-9(13)5-8/h2-5,7,10-11H,1H3/t10-,11+,12-/m0/s1. The quantitative estimate of drug-likeness (QED) is 0.789. The van der Waals surface area contributed by atoms with Crippen LogP contribution in [0.15, 0.2) is 24.3 Å². The molecule has 18 heavy (non-hydrogen) atoms. The summed E-state index contributed by atoms with van der Waals surface area (Å²) >= 11 is 5.84. The minimum atomic E-state index is -3.47. The lowest BCUT2D eigenvalue weighted by Crippen LogP contribution is -2.14. The van der Waals surface area contributed by atoms with E-state index in [9.17, 15) is 13.2 Å². The largest absolute Gasteiger partial charge is 0.302 e. The molecule has 4 nitrogen and oxygen atoms in total. The van der Waals surface area contributed by atoms with Crippen LogP contribution < -0.4 is 0 Å². The number of hydrogen-bond acceptors (Lipinski definition) is 4. The van der Waals surface area contributed by atoms with E-state index in [0.717, 1.165) is 6.26 Å². The van der Waals surface area contributed by atoms with Gasteiger partial charge in [0.15, 0.2) is 9.84 Å². The summed E-state index contributed by atoms with van der Waals surface area (Å²) in [7, 11) is -3.47. The monoisotopic (exact) mass is 283 g/mol. The molecule has 1 aliphatic carbocycles. The van der Waals surface area contributed by atoms with E-state index in [1.54, 1.807) is 24.3 Å². The second-order valence-corrected chi connectivity index (χ2v) is 7.05. The van der Waals surface area contributed by atoms with Crippen LogP contribution in [0.2, 0.25) is 5.02 Å². The van der Waals surface area contributed by atoms with Crippen LogP contribution in [0, 0.1) is 16.7 Å². The maximum absolute atomic E-state index is 11.7. The smallest absolute Gasteiger partial charge is 0.153 e. The fourth-order valence-electron chi connectivity index (χ4n) is 2.43. The van der Waals surface area contributed by atoms with Crippen LogP contribution in [-0.4, -0.2) is 26.2 Å². The van der Waals surface area contributed by atoms with E-state index in [1.807, 2.05) is 6.07 Å². The molecule has 0 aromatic heterocycles. The van der Waals surface area contributed by atoms with Crippen molar-refractivity contribution in [1.82, 2.24) is 0 Å². The highest BCUT2D eigenvalue weighted by Crippen LogP contribution is 2.61. The van der Waals surface area contributed by atoms with Gasteiger partial charge in [0.05, 0.1) is 11.3 Å². The van der Waals surface area contributed by atoms with E-state index < -0.39 is 26.4 Å². The van der Waals surface area contributed by atoms with Crippen molar-refractivity contribution < 1.29 is 13.2 Å². The van der Waals surface area contributed by atoms with Gasteiger partial charge in [-0.1, -0.05) is 23.7 Å². The number of rotatable bonds is 3. The molecule has 0 radical (unpaired) electrons. The van der Waals surface area contributed by atoms with Gasteiger partial charge in [0.25, 0.3) is 0 Å². The summed E-state index contributed by atoms with van der Waals surface area (Å²) in [6.07, 6.45) is 1.47. The van der Waals surface area contributed by atoms with Gasteiger partial charge in [-0.2, -0.15) is 5.26 Å². The Bertz CT molecular complexity index is 650. The average Bonchev–Trinajstić information content (AvgIpc) is 2.98. The number of sulfone groups is 1. The second kappa shape index (κ2) is 4.08. The van der Waals surface area contributed by atoms with E-state index in [2.05, 4.69) is 0 Å². The molecule has 0 N–H and O–H groups in total. The number of aldehydes is 1. The van der Waals surface area contributed by atoms with Crippen molar-refractivity contribution in [2.75, 3.05) is 6.26 Å². The SMILES string of the molecule is CS(=O)(=O)[C@@H]1[C@H](c2cccc(Cl)c2)[C@]1(C#N)C=O. The van der Waals surface area contributed by atoms with Crippen molar-refractivity contribution in [3.63, 3.8) is 0 Å². The summed E-state index contributed by atoms with van der Waals surface area (Å²) in [4.78, 5) is 11.1. The summed E-state index contributed by atoms with van der Waals surface area (Å²) in [6, 6.07) is 8.42. The molecule has 1 aromatic carbocycles. The Morgan fingerprint density at radius 1 is 1.50 bits per heavy atom. The van der Waals surface area contributed by atoms with Gasteiger partial charge < -0.3 is 4.79 Å². The summed E-state index contributed by atoms with van der Waals surface area (Å²) in [5.74, 6) is -0.631. The molecule has 0 unspecified atom stereocenters. The molecule has 1 aliphatic rings. The van der Waals surface area contributed by atoms with Crippen molar-refractivity contribution in [1.29, 1.82) is 5.26 Å². The summed E-state index contributed by atoms with van der Waals surface area (Å²) < 4.78 is 23.3. The fraction of sp³-hybridized carbons (Fsp3) is 0.333. The molecule has 0 heterocycles. The normalized spacial score (nSPS) is 30.5. The topological polar surface area (TPSA) is 75.0 Å². The first-order valence-electron chi connectivity index (χ1n) is 5.18. The summed E-state index contributed by atoms with van der Waals surface area (Å²) in [6.45, 7) is 0. The van der Waals surface area contributed by atoms with Crippen LogP contribution in [0.3, 0.4) is 0 Å². The molecular weight excluding hydrogens is 274 g/mol. The lowest BCUT2D eigenvalue weighted by Gasteiger charge is -2.00. The number of nitriles is 1. The first kappa shape index (κ1) is 13.1. The molecular formula is C12H10ClNO3S. The predicted molar refractivity (Wildman–Crippen MR) is 66.9 cm³/mol. The van der Waals surface area contributed by atoms with Crippen molar-refractivity contribution in [3.8, 4) is 6.07 Å². The zero-order valence-corrected chi connectivity index (χ0v) is 11.1. The zero-order valence-electron chi connectivity index (χ0n) is 9.50. The summed E-state index contributed by atoms with van der Waals surface area (Å²) in [5.41, 5.74) is -0.871. The highest BCUT2D eigenvalue weighted by molar-refractivity contribution is 7.91. The number of hydrogen-bond donors (Lipinski definition) is 0. The third kappa shape index (κ3) is 1.82. The van der Waals surface area contributed by atoms with Crippen molar-refractivity contribution in [2.24, 2.45) is 5.41 Å². The van der Waals surface area contributed by atoms with E-state index in [4.69, 9.17) is 16.9 Å². The Labute approximate surface area is 110 Å². The summed E-state index contributed by atoms with van der Waals surface area (Å²) in [5, 5.41) is 8.58. The molecule has 6 heteroatoms. The Morgan fingerprint density at radius 2 is 2.17 bits per heavy atom. The van der Waals surface area contributed by atoms with Gasteiger partial charge in [-0.25, -0.2) is 8.42 Å². The van der Waals surface area contributed by atoms with Crippen LogP contribution in [0.25, 0.3) is 0 Å². The van der Waals surface area contributed by atoms with E-state index in [1.165, 1.54) is 0 Å². The van der Waals surface area contributed by atoms with Crippen LogP contribution in [0.1, 0.15) is 11.5 Å². The van der Waals surface area contributed by atoms with Crippen LogP contribution in [-0.2, 0) is 14.6 Å². The third-order valence-corrected chi connectivity index (χ3v) is 5.06. The molecule has 0 amide bonds. The van der Waals surface area contributed by atoms with Crippen LogP contribution in [0.5, 0.6) is 0 Å². The molecule has 2 rings (SSSR count). The molecule has 0 bridgehead atoms. The van der Waals surface area contributed by atoms with Gasteiger partial charge in [-0.05, 0) is 17.7 Å². The van der Waals surface area contributed by atoms with Gasteiger partial charge in [0.1, 0.15) is 11.7 Å². The highest BCUT2D eigenvalue weighted by Gasteiger charge is 2.71. The van der Waals surface area contributed by atoms with Crippen LogP contribution in [0.4, 0.5) is 0 Å². The van der Waals surface area contributed by atoms with Gasteiger partial charge in [0, 0.05) is 17.2 Å². The van der Waals surface area contributed by atoms with Gasteiger partial charge >= 0.3 is 0 Å². The Balaban J connectivity index is 2.52. The van der Waals surface area contributed by atoms with Gasteiger partial charge in [0.2, 0.25) is 0 Å². The molecule has 0 aliphatic heterocycles. The maximum atomic E-state index is 11.7. The maximum Gasteiger partial charge on any atom is 0.153 e. The molecule has 1 aromatic rings. The lowest BCUT2D eigenvalue weighted by molar-refractivity contribution is -0.110. The number of carbonyl (C=O) groups is 1. The van der Waals surface area contributed by atoms with Crippen LogP contribution >= 0.6 is 11.6 Å². The Morgan fingerprint density at radius 3 is 2.56 bits per heavy atom. The van der Waals surface area contributed by atoms with Gasteiger partial charge in [-0.15, -0.1) is 0 Å². The minimum absolute atomic E-state index is 0.435. The highest BCUT2D eigenvalue weighted by atomic mass is 35.5. The van der Waals surface area contributed by atoms with E-state index in [-0.39, 0.29) is 0 Å². The number of nitrogens with zero attached hydrogens (tertiary/aromatic N) is 1. The Kier molecular flexibility index (Phi) is 2.96. The number of carbonyl (C=O) groups excluding carboxylic acids is 1. The molecule has 0 saturated heterocycles. The fourth-order valence-corrected chi connectivity index (χ4v) is 4.39. The second-order valence-electron chi connectivity index (χ2n) is 4.45. The van der Waals surface area contributed by atoms with Crippen molar-refractivity contribution >= 4 is 27.7 Å².